The van der Waals surface area contributed by atoms with E-state index in [1.54, 1.807) is 0 Å². The molecule has 0 saturated carbocycles. The fraction of sp³-hybridized carbons (Fsp3) is 0.556. The monoisotopic (exact) mass is 460 g/mol. The Bertz CT molecular complexity index is 1040. The number of likely N-dealkylation sites (N-methyl/N-ethyl adjacent to an activating group) is 1. The molecule has 1 aromatic heterocycles. The second-order valence-electron chi connectivity index (χ2n) is 9.96. The summed E-state index contributed by atoms with van der Waals surface area (Å²) in [5, 5.41) is 13.7. The topological polar surface area (TPSA) is 67.7 Å². The summed E-state index contributed by atoms with van der Waals surface area (Å²) in [6.45, 7) is 9.36. The third-order valence-electron chi connectivity index (χ3n) is 7.64. The lowest BCUT2D eigenvalue weighted by Crippen LogP contribution is -2.51. The quantitative estimate of drug-likeness (QED) is 0.711. The van der Waals surface area contributed by atoms with Gasteiger partial charge in [-0.15, -0.1) is 0 Å². The summed E-state index contributed by atoms with van der Waals surface area (Å²) in [7, 11) is 2.15. The van der Waals surface area contributed by atoms with Crippen LogP contribution >= 0.6 is 0 Å². The SMILES string of the molecule is CC1CNCCN1c1nc(OCC2CCCN2C)c(C#N)c2c1CCN(Cc1ccccc1)C2. The van der Waals surface area contributed by atoms with E-state index in [9.17, 15) is 5.26 Å². The van der Waals surface area contributed by atoms with Gasteiger partial charge in [0, 0.05) is 56.9 Å². The van der Waals surface area contributed by atoms with Crippen LogP contribution in [-0.2, 0) is 19.5 Å². The van der Waals surface area contributed by atoms with Gasteiger partial charge in [0.25, 0.3) is 0 Å². The summed E-state index contributed by atoms with van der Waals surface area (Å²) in [4.78, 5) is 12.3. The van der Waals surface area contributed by atoms with Gasteiger partial charge in [0.1, 0.15) is 24.1 Å². The molecule has 34 heavy (non-hydrogen) atoms. The van der Waals surface area contributed by atoms with Crippen molar-refractivity contribution in [3.05, 3.63) is 52.6 Å². The molecule has 0 aliphatic carbocycles. The van der Waals surface area contributed by atoms with Crippen molar-refractivity contribution in [3.8, 4) is 11.9 Å². The number of piperazine rings is 1. The molecule has 3 aliphatic rings. The van der Waals surface area contributed by atoms with E-state index < -0.39 is 0 Å². The number of nitrogens with zero attached hydrogens (tertiary/aromatic N) is 5. The molecule has 2 atom stereocenters. The minimum absolute atomic E-state index is 0.356. The van der Waals surface area contributed by atoms with Crippen molar-refractivity contribution in [2.75, 3.05) is 51.3 Å². The van der Waals surface area contributed by atoms with E-state index in [4.69, 9.17) is 9.72 Å². The van der Waals surface area contributed by atoms with Gasteiger partial charge in [-0.05, 0) is 50.9 Å². The van der Waals surface area contributed by atoms with Crippen molar-refractivity contribution in [1.82, 2.24) is 20.1 Å². The van der Waals surface area contributed by atoms with Crippen molar-refractivity contribution < 1.29 is 4.74 Å². The lowest BCUT2D eigenvalue weighted by Gasteiger charge is -2.39. The van der Waals surface area contributed by atoms with Crippen LogP contribution in [0, 0.1) is 11.3 Å². The van der Waals surface area contributed by atoms with Crippen molar-refractivity contribution in [1.29, 1.82) is 5.26 Å². The molecule has 5 rings (SSSR count). The van der Waals surface area contributed by atoms with Crippen LogP contribution in [0.25, 0.3) is 0 Å². The molecule has 180 valence electrons. The molecule has 3 aliphatic heterocycles. The van der Waals surface area contributed by atoms with Gasteiger partial charge < -0.3 is 19.9 Å². The number of fused-ring (bicyclic) bond motifs is 1. The van der Waals surface area contributed by atoms with E-state index in [1.807, 2.05) is 0 Å². The van der Waals surface area contributed by atoms with E-state index in [2.05, 4.69) is 70.4 Å². The normalized spacial score (nSPS) is 23.5. The predicted octanol–water partition coefficient (Wildman–Crippen LogP) is 2.78. The highest BCUT2D eigenvalue weighted by Crippen LogP contribution is 2.36. The molecule has 1 N–H and O–H groups in total. The molecular weight excluding hydrogens is 424 g/mol. The van der Waals surface area contributed by atoms with Crippen LogP contribution < -0.4 is 15.0 Å². The maximum atomic E-state index is 10.2. The number of likely N-dealkylation sites (tertiary alicyclic amines) is 1. The number of aromatic nitrogens is 1. The largest absolute Gasteiger partial charge is 0.475 e. The Morgan fingerprint density at radius 1 is 1.18 bits per heavy atom. The number of rotatable bonds is 6. The van der Waals surface area contributed by atoms with E-state index in [-0.39, 0.29) is 0 Å². The van der Waals surface area contributed by atoms with Gasteiger partial charge in [0.05, 0.1) is 0 Å². The first-order valence-corrected chi connectivity index (χ1v) is 12.7. The Morgan fingerprint density at radius 2 is 2.03 bits per heavy atom. The highest BCUT2D eigenvalue weighted by atomic mass is 16.5. The summed E-state index contributed by atoms with van der Waals surface area (Å²) in [6.07, 6.45) is 3.24. The molecule has 0 bridgehead atoms. The zero-order valence-corrected chi connectivity index (χ0v) is 20.5. The van der Waals surface area contributed by atoms with Gasteiger partial charge in [-0.3, -0.25) is 4.90 Å². The minimum atomic E-state index is 0.356. The molecule has 2 unspecified atom stereocenters. The molecule has 0 spiro atoms. The van der Waals surface area contributed by atoms with Gasteiger partial charge in [-0.25, -0.2) is 0 Å². The molecule has 7 nitrogen and oxygen atoms in total. The highest BCUT2D eigenvalue weighted by molar-refractivity contribution is 5.61. The van der Waals surface area contributed by atoms with Crippen LogP contribution in [0.4, 0.5) is 5.82 Å². The molecule has 2 fully saturated rings. The Morgan fingerprint density at radius 3 is 2.76 bits per heavy atom. The van der Waals surface area contributed by atoms with Crippen molar-refractivity contribution in [2.45, 2.75) is 51.4 Å². The number of anilines is 1. The molecule has 0 radical (unpaired) electrons. The van der Waals surface area contributed by atoms with Gasteiger partial charge in [0.2, 0.25) is 5.88 Å². The smallest absolute Gasteiger partial charge is 0.234 e. The number of benzene rings is 1. The Balaban J connectivity index is 1.48. The molecular formula is C27H36N6O. The lowest BCUT2D eigenvalue weighted by atomic mass is 9.95. The Kier molecular flexibility index (Phi) is 7.00. The summed E-state index contributed by atoms with van der Waals surface area (Å²) >= 11 is 0. The van der Waals surface area contributed by atoms with Gasteiger partial charge >= 0.3 is 0 Å². The van der Waals surface area contributed by atoms with Crippen molar-refractivity contribution >= 4 is 5.82 Å². The Labute approximate surface area is 203 Å². The van der Waals surface area contributed by atoms with Gasteiger partial charge in [-0.2, -0.15) is 10.2 Å². The first kappa shape index (κ1) is 23.1. The molecule has 4 heterocycles. The number of nitriles is 1. The number of hydrogen-bond donors (Lipinski definition) is 1. The average Bonchev–Trinajstić information content (AvgIpc) is 3.27. The van der Waals surface area contributed by atoms with E-state index in [1.165, 1.54) is 17.5 Å². The number of hydrogen-bond acceptors (Lipinski definition) is 7. The van der Waals surface area contributed by atoms with Crippen molar-refractivity contribution in [2.24, 2.45) is 0 Å². The molecule has 0 amide bonds. The third kappa shape index (κ3) is 4.76. The maximum Gasteiger partial charge on any atom is 0.234 e. The Hall–Kier alpha value is -2.66. The number of nitrogens with one attached hydrogen (secondary N) is 1. The van der Waals surface area contributed by atoms with E-state index in [0.717, 1.165) is 70.0 Å². The highest BCUT2D eigenvalue weighted by Gasteiger charge is 2.31. The molecule has 2 aromatic rings. The van der Waals surface area contributed by atoms with Crippen LogP contribution in [0.3, 0.4) is 0 Å². The first-order chi connectivity index (χ1) is 16.6. The van der Waals surface area contributed by atoms with Crippen LogP contribution in [0.5, 0.6) is 5.88 Å². The zero-order chi connectivity index (χ0) is 23.5. The molecule has 7 heteroatoms. The van der Waals surface area contributed by atoms with E-state index >= 15 is 0 Å². The summed E-state index contributed by atoms with van der Waals surface area (Å²) in [5.41, 5.74) is 4.27. The van der Waals surface area contributed by atoms with Crippen molar-refractivity contribution in [3.63, 3.8) is 0 Å². The molecule has 1 aromatic carbocycles. The summed E-state index contributed by atoms with van der Waals surface area (Å²) in [5.74, 6) is 1.54. The second kappa shape index (κ2) is 10.3. The maximum absolute atomic E-state index is 10.2. The third-order valence-corrected chi connectivity index (χ3v) is 7.64. The zero-order valence-electron chi connectivity index (χ0n) is 20.5. The minimum Gasteiger partial charge on any atom is -0.475 e. The standard InChI is InChI=1S/C27H36N6O/c1-20-16-29-11-14-33(20)26-23-10-13-32(17-21-7-4-3-5-8-21)18-25(23)24(15-28)27(30-26)34-19-22-9-6-12-31(22)2/h3-5,7-8,20,22,29H,6,9-14,16-19H2,1-2H3. The molecule has 2 saturated heterocycles. The fourth-order valence-electron chi connectivity index (χ4n) is 5.60. The van der Waals surface area contributed by atoms with Crippen LogP contribution in [0.2, 0.25) is 0 Å². The van der Waals surface area contributed by atoms with Crippen LogP contribution in [0.1, 0.15) is 42.0 Å². The van der Waals surface area contributed by atoms with Gasteiger partial charge in [0.15, 0.2) is 0 Å². The predicted molar refractivity (Wildman–Crippen MR) is 134 cm³/mol. The van der Waals surface area contributed by atoms with Gasteiger partial charge in [-0.1, -0.05) is 30.3 Å². The van der Waals surface area contributed by atoms with Crippen LogP contribution in [0.15, 0.2) is 30.3 Å². The van der Waals surface area contributed by atoms with E-state index in [0.29, 0.717) is 30.1 Å². The van der Waals surface area contributed by atoms with Crippen LogP contribution in [-0.4, -0.2) is 73.2 Å². The summed E-state index contributed by atoms with van der Waals surface area (Å²) in [6, 6.07) is 13.8. The second-order valence-corrected chi connectivity index (χ2v) is 9.96. The average molecular weight is 461 g/mol. The lowest BCUT2D eigenvalue weighted by molar-refractivity contribution is 0.191. The number of pyridine rings is 1. The summed E-state index contributed by atoms with van der Waals surface area (Å²) < 4.78 is 6.33. The number of ether oxygens (including phenoxy) is 1. The first-order valence-electron chi connectivity index (χ1n) is 12.7. The fourth-order valence-corrected chi connectivity index (χ4v) is 5.60.